The number of anilines is 1. The summed E-state index contributed by atoms with van der Waals surface area (Å²) in [5, 5.41) is 11.8. The molecule has 0 aliphatic carbocycles. The molecule has 4 rings (SSSR count). The lowest BCUT2D eigenvalue weighted by molar-refractivity contribution is -0.191. The standard InChI is InChI=1S/C25H26N4O2.C3H4O2.CO2/c1-3-12-30-13-14-31-21-8-4-6-18(15-21)19-9-10-23-22(16-19)25(26-2)29-24(28-23)20-7-5-11-27-17-20;1-2-3(4)5;2-1-3/h4-11,15-17H,3,12-14H2,1-2H3,(H,26,28,29);2H,1H2,(H,4,5);. The summed E-state index contributed by atoms with van der Waals surface area (Å²) in [6, 6.07) is 18.1. The van der Waals surface area contributed by atoms with Crippen LogP contribution < -0.4 is 10.1 Å². The predicted octanol–water partition coefficient (Wildman–Crippen LogP) is 4.88. The van der Waals surface area contributed by atoms with E-state index in [1.54, 1.807) is 12.4 Å². The van der Waals surface area contributed by atoms with E-state index in [1.807, 2.05) is 43.4 Å². The zero-order valence-electron chi connectivity index (χ0n) is 21.8. The molecule has 2 heterocycles. The Hall–Kier alpha value is -4.92. The van der Waals surface area contributed by atoms with Crippen LogP contribution in [-0.4, -0.2) is 59.0 Å². The number of ether oxygens (including phenoxy) is 2. The van der Waals surface area contributed by atoms with Crippen molar-refractivity contribution in [3.8, 4) is 28.3 Å². The fourth-order valence-corrected chi connectivity index (χ4v) is 3.35. The van der Waals surface area contributed by atoms with E-state index in [9.17, 15) is 4.79 Å². The molecule has 0 atom stereocenters. The lowest BCUT2D eigenvalue weighted by atomic mass is 10.0. The molecular formula is C29H30N4O6. The summed E-state index contributed by atoms with van der Waals surface area (Å²) < 4.78 is 11.3. The summed E-state index contributed by atoms with van der Waals surface area (Å²) in [5.74, 6) is 1.28. The summed E-state index contributed by atoms with van der Waals surface area (Å²) in [6.45, 7) is 6.95. The molecule has 2 aromatic heterocycles. The molecule has 10 nitrogen and oxygen atoms in total. The number of carbonyl (C=O) groups excluding carboxylic acids is 2. The summed E-state index contributed by atoms with van der Waals surface area (Å²) in [5.41, 5.74) is 3.92. The van der Waals surface area contributed by atoms with Crippen LogP contribution >= 0.6 is 0 Å². The highest BCUT2D eigenvalue weighted by Gasteiger charge is 2.11. The van der Waals surface area contributed by atoms with Gasteiger partial charge in [0, 0.05) is 43.1 Å². The van der Waals surface area contributed by atoms with Crippen LogP contribution in [0.5, 0.6) is 5.75 Å². The minimum Gasteiger partial charge on any atom is -0.491 e. The SMILES string of the molecule is C=CC(=O)O.CCCOCCOc1cccc(-c2ccc3nc(-c4cccnc4)nc(NC)c3c2)c1.O=C=O. The number of carboxylic acid groups (broad SMARTS) is 1. The average Bonchev–Trinajstić information content (AvgIpc) is 2.97. The Morgan fingerprint density at radius 2 is 1.74 bits per heavy atom. The number of hydrogen-bond donors (Lipinski definition) is 2. The van der Waals surface area contributed by atoms with Gasteiger partial charge < -0.3 is 19.9 Å². The lowest BCUT2D eigenvalue weighted by Gasteiger charge is -2.11. The highest BCUT2D eigenvalue weighted by molar-refractivity contribution is 5.94. The number of nitrogens with one attached hydrogen (secondary N) is 1. The minimum atomic E-state index is -0.981. The van der Waals surface area contributed by atoms with E-state index in [-0.39, 0.29) is 6.15 Å². The van der Waals surface area contributed by atoms with E-state index in [4.69, 9.17) is 34.1 Å². The van der Waals surface area contributed by atoms with Gasteiger partial charge in [-0.05, 0) is 53.9 Å². The molecule has 0 aliphatic heterocycles. The lowest BCUT2D eigenvalue weighted by Crippen LogP contribution is -2.07. The van der Waals surface area contributed by atoms with Crippen molar-refractivity contribution in [3.05, 3.63) is 79.6 Å². The first-order valence-corrected chi connectivity index (χ1v) is 12.0. The number of carbonyl (C=O) groups is 1. The highest BCUT2D eigenvalue weighted by atomic mass is 16.5. The van der Waals surface area contributed by atoms with Crippen LogP contribution in [0, 0.1) is 0 Å². The van der Waals surface area contributed by atoms with Gasteiger partial charge in [0.25, 0.3) is 0 Å². The number of benzene rings is 2. The molecule has 202 valence electrons. The van der Waals surface area contributed by atoms with Crippen molar-refractivity contribution < 1.29 is 29.0 Å². The molecule has 0 saturated carbocycles. The zero-order chi connectivity index (χ0) is 28.5. The monoisotopic (exact) mass is 530 g/mol. The molecular weight excluding hydrogens is 500 g/mol. The van der Waals surface area contributed by atoms with Gasteiger partial charge in [0.05, 0.1) is 12.1 Å². The molecule has 39 heavy (non-hydrogen) atoms. The third-order valence-corrected chi connectivity index (χ3v) is 5.04. The Labute approximate surface area is 226 Å². The van der Waals surface area contributed by atoms with E-state index < -0.39 is 5.97 Å². The van der Waals surface area contributed by atoms with Crippen LogP contribution in [0.15, 0.2) is 79.6 Å². The maximum atomic E-state index is 9.25. The van der Waals surface area contributed by atoms with Gasteiger partial charge in [-0.15, -0.1) is 0 Å². The average molecular weight is 531 g/mol. The number of hydrogen-bond acceptors (Lipinski definition) is 9. The first-order chi connectivity index (χ1) is 19.0. The molecule has 0 unspecified atom stereocenters. The second-order valence-electron chi connectivity index (χ2n) is 7.73. The fourth-order valence-electron chi connectivity index (χ4n) is 3.35. The van der Waals surface area contributed by atoms with E-state index >= 15 is 0 Å². The molecule has 2 aromatic carbocycles. The Balaban J connectivity index is 0.000000590. The number of aromatic nitrogens is 3. The molecule has 4 aromatic rings. The third kappa shape index (κ3) is 9.81. The Kier molecular flexibility index (Phi) is 13.0. The molecule has 0 spiro atoms. The van der Waals surface area contributed by atoms with Crippen LogP contribution in [0.2, 0.25) is 0 Å². The summed E-state index contributed by atoms with van der Waals surface area (Å²) >= 11 is 0. The molecule has 0 saturated heterocycles. The zero-order valence-corrected chi connectivity index (χ0v) is 21.8. The van der Waals surface area contributed by atoms with Gasteiger partial charge in [-0.2, -0.15) is 9.59 Å². The largest absolute Gasteiger partial charge is 0.491 e. The van der Waals surface area contributed by atoms with Crippen LogP contribution in [0.25, 0.3) is 33.4 Å². The van der Waals surface area contributed by atoms with Crippen molar-refractivity contribution in [2.24, 2.45) is 0 Å². The second kappa shape index (κ2) is 16.8. The maximum absolute atomic E-state index is 9.25. The number of aliphatic carboxylic acids is 1. The number of rotatable bonds is 10. The van der Waals surface area contributed by atoms with Gasteiger partial charge >= 0.3 is 12.1 Å². The molecule has 0 bridgehead atoms. The quantitative estimate of drug-likeness (QED) is 0.215. The topological polar surface area (TPSA) is 141 Å². The van der Waals surface area contributed by atoms with Crippen molar-refractivity contribution in [2.75, 3.05) is 32.2 Å². The molecule has 0 amide bonds. The normalized spacial score (nSPS) is 9.69. The summed E-state index contributed by atoms with van der Waals surface area (Å²) in [6.07, 6.45) is 5.61. The minimum absolute atomic E-state index is 0.250. The van der Waals surface area contributed by atoms with Crippen molar-refractivity contribution in [1.29, 1.82) is 0 Å². The van der Waals surface area contributed by atoms with E-state index in [1.165, 1.54) is 0 Å². The van der Waals surface area contributed by atoms with Gasteiger partial charge in [-0.25, -0.2) is 14.8 Å². The van der Waals surface area contributed by atoms with Gasteiger partial charge in [0.2, 0.25) is 0 Å². The fraction of sp³-hybridized carbons (Fsp3) is 0.207. The van der Waals surface area contributed by atoms with Crippen LogP contribution in [0.1, 0.15) is 13.3 Å². The summed E-state index contributed by atoms with van der Waals surface area (Å²) in [4.78, 5) is 39.1. The smallest absolute Gasteiger partial charge is 0.373 e. The van der Waals surface area contributed by atoms with Crippen LogP contribution in [-0.2, 0) is 19.1 Å². The first-order valence-electron chi connectivity index (χ1n) is 12.0. The number of pyridine rings is 1. The highest BCUT2D eigenvalue weighted by Crippen LogP contribution is 2.30. The maximum Gasteiger partial charge on any atom is 0.373 e. The number of carboxylic acids is 1. The van der Waals surface area contributed by atoms with Crippen molar-refractivity contribution >= 4 is 28.8 Å². The van der Waals surface area contributed by atoms with E-state index in [0.717, 1.165) is 58.3 Å². The predicted molar refractivity (Wildman–Crippen MR) is 147 cm³/mol. The Morgan fingerprint density at radius 3 is 2.38 bits per heavy atom. The molecule has 0 radical (unpaired) electrons. The van der Waals surface area contributed by atoms with E-state index in [0.29, 0.717) is 19.0 Å². The second-order valence-corrected chi connectivity index (χ2v) is 7.73. The number of nitrogens with zero attached hydrogens (tertiary/aromatic N) is 3. The van der Waals surface area contributed by atoms with Gasteiger partial charge in [-0.1, -0.05) is 31.7 Å². The Bertz CT molecular complexity index is 1390. The van der Waals surface area contributed by atoms with Crippen molar-refractivity contribution in [3.63, 3.8) is 0 Å². The van der Waals surface area contributed by atoms with Gasteiger partial charge in [0.1, 0.15) is 18.2 Å². The van der Waals surface area contributed by atoms with Crippen molar-refractivity contribution in [1.82, 2.24) is 15.0 Å². The first kappa shape index (κ1) is 30.3. The van der Waals surface area contributed by atoms with Crippen molar-refractivity contribution in [2.45, 2.75) is 13.3 Å². The van der Waals surface area contributed by atoms with Crippen LogP contribution in [0.3, 0.4) is 0 Å². The molecule has 0 fully saturated rings. The summed E-state index contributed by atoms with van der Waals surface area (Å²) in [7, 11) is 1.87. The van der Waals surface area contributed by atoms with E-state index in [2.05, 4.69) is 42.0 Å². The molecule has 0 aliphatic rings. The number of fused-ring (bicyclic) bond motifs is 1. The molecule has 10 heteroatoms. The van der Waals surface area contributed by atoms with Gasteiger partial charge in [-0.3, -0.25) is 4.98 Å². The van der Waals surface area contributed by atoms with Crippen LogP contribution in [0.4, 0.5) is 5.82 Å². The molecule has 2 N–H and O–H groups in total. The third-order valence-electron chi connectivity index (χ3n) is 5.04. The Morgan fingerprint density at radius 1 is 1.03 bits per heavy atom. The van der Waals surface area contributed by atoms with Gasteiger partial charge in [0.15, 0.2) is 5.82 Å².